The molecule has 2 heterocycles. The van der Waals surface area contributed by atoms with Crippen LogP contribution in [0.1, 0.15) is 11.7 Å². The first kappa shape index (κ1) is 10.4. The van der Waals surface area contributed by atoms with Crippen LogP contribution >= 0.6 is 12.6 Å². The van der Waals surface area contributed by atoms with E-state index in [2.05, 4.69) is 27.8 Å². The Kier molecular flexibility index (Phi) is 2.90. The predicted molar refractivity (Wildman–Crippen MR) is 58.7 cm³/mol. The molecule has 0 bridgehead atoms. The smallest absolute Gasteiger partial charge is 0.108 e. The van der Waals surface area contributed by atoms with Crippen molar-refractivity contribution in [1.29, 1.82) is 0 Å². The molecule has 0 fully saturated rings. The number of hydrogen-bond acceptors (Lipinski definition) is 5. The minimum atomic E-state index is -0.970. The second-order valence-electron chi connectivity index (χ2n) is 3.27. The van der Waals surface area contributed by atoms with Gasteiger partial charge in [0.2, 0.25) is 0 Å². The van der Waals surface area contributed by atoms with Crippen LogP contribution in [0.2, 0.25) is 0 Å². The Hall–Kier alpha value is -1.11. The molecule has 0 amide bonds. The van der Waals surface area contributed by atoms with Crippen molar-refractivity contribution in [2.75, 3.05) is 5.75 Å². The molecule has 3 N–H and O–H groups in total. The topological polar surface area (TPSA) is 82.0 Å². The molecule has 2 atom stereocenters. The summed E-state index contributed by atoms with van der Waals surface area (Å²) < 4.78 is 0. The van der Waals surface area contributed by atoms with E-state index in [-0.39, 0.29) is 5.75 Å². The fourth-order valence-corrected chi connectivity index (χ4v) is 1.53. The fourth-order valence-electron chi connectivity index (χ4n) is 1.33. The highest BCUT2D eigenvalue weighted by Gasteiger charge is 2.17. The summed E-state index contributed by atoms with van der Waals surface area (Å²) in [6.45, 7) is 0. The molecule has 0 aliphatic heterocycles. The highest BCUT2D eigenvalue weighted by atomic mass is 32.1. The number of nitrogens with zero attached hydrogens (tertiary/aromatic N) is 2. The number of thiol groups is 1. The van der Waals surface area contributed by atoms with E-state index in [4.69, 9.17) is 0 Å². The van der Waals surface area contributed by atoms with Crippen molar-refractivity contribution in [3.63, 3.8) is 0 Å². The summed E-state index contributed by atoms with van der Waals surface area (Å²) in [6, 6.07) is 1.71. The Bertz CT molecular complexity index is 459. The van der Waals surface area contributed by atoms with Gasteiger partial charge in [-0.3, -0.25) is 10.1 Å². The zero-order chi connectivity index (χ0) is 10.8. The molecule has 2 aromatic rings. The third-order valence-electron chi connectivity index (χ3n) is 2.20. The van der Waals surface area contributed by atoms with Crippen molar-refractivity contribution in [1.82, 2.24) is 15.2 Å². The van der Waals surface area contributed by atoms with Gasteiger partial charge in [-0.2, -0.15) is 17.7 Å². The number of nitrogens with one attached hydrogen (secondary N) is 1. The van der Waals surface area contributed by atoms with Crippen molar-refractivity contribution in [3.8, 4) is 0 Å². The molecule has 0 radical (unpaired) electrons. The standard InChI is InChI=1S/C9H11N3O2S/c13-8(4-15)9(14)5-1-6-7(10-2-5)3-11-12-6/h1-3,8-9,13-15H,4H2,(H,11,12). The molecule has 0 saturated heterocycles. The fraction of sp³-hybridized carbons (Fsp3) is 0.333. The van der Waals surface area contributed by atoms with Crippen molar-refractivity contribution in [3.05, 3.63) is 24.0 Å². The van der Waals surface area contributed by atoms with Crippen LogP contribution in [-0.4, -0.2) is 37.3 Å². The quantitative estimate of drug-likeness (QED) is 0.566. The van der Waals surface area contributed by atoms with E-state index in [1.807, 2.05) is 0 Å². The first-order valence-electron chi connectivity index (χ1n) is 4.48. The SMILES string of the molecule is OC(CS)C(O)c1cnc2cn[nH]c2c1. The van der Waals surface area contributed by atoms with Gasteiger partial charge in [-0.15, -0.1) is 0 Å². The molecule has 0 saturated carbocycles. The summed E-state index contributed by atoms with van der Waals surface area (Å²) >= 11 is 3.92. The summed E-state index contributed by atoms with van der Waals surface area (Å²) in [6.07, 6.45) is 1.26. The number of H-pyrrole nitrogens is 1. The van der Waals surface area contributed by atoms with Crippen molar-refractivity contribution < 1.29 is 10.2 Å². The first-order valence-corrected chi connectivity index (χ1v) is 5.11. The summed E-state index contributed by atoms with van der Waals surface area (Å²) in [5, 5.41) is 25.7. The zero-order valence-corrected chi connectivity index (χ0v) is 8.72. The van der Waals surface area contributed by atoms with E-state index < -0.39 is 12.2 Å². The van der Waals surface area contributed by atoms with Gasteiger partial charge in [0.1, 0.15) is 11.6 Å². The molecular weight excluding hydrogens is 214 g/mol. The molecule has 2 aromatic heterocycles. The molecule has 0 spiro atoms. The zero-order valence-electron chi connectivity index (χ0n) is 7.83. The molecule has 80 valence electrons. The maximum Gasteiger partial charge on any atom is 0.108 e. The van der Waals surface area contributed by atoms with Gasteiger partial charge in [0.25, 0.3) is 0 Å². The first-order chi connectivity index (χ1) is 7.22. The second-order valence-corrected chi connectivity index (χ2v) is 3.63. The summed E-state index contributed by atoms with van der Waals surface area (Å²) in [5.41, 5.74) is 2.01. The minimum Gasteiger partial charge on any atom is -0.389 e. The monoisotopic (exact) mass is 225 g/mol. The lowest BCUT2D eigenvalue weighted by Crippen LogP contribution is -2.19. The number of pyridine rings is 1. The van der Waals surface area contributed by atoms with Crippen LogP contribution in [-0.2, 0) is 0 Å². The number of aromatic amines is 1. The van der Waals surface area contributed by atoms with Crippen LogP contribution in [0.4, 0.5) is 0 Å². The van der Waals surface area contributed by atoms with E-state index in [0.717, 1.165) is 11.0 Å². The largest absolute Gasteiger partial charge is 0.389 e. The van der Waals surface area contributed by atoms with Gasteiger partial charge in [-0.05, 0) is 6.07 Å². The maximum atomic E-state index is 9.71. The molecule has 0 aromatic carbocycles. The molecule has 2 rings (SSSR count). The summed E-state index contributed by atoms with van der Waals surface area (Å²) in [5.74, 6) is 0.197. The van der Waals surface area contributed by atoms with Gasteiger partial charge in [0.05, 0.1) is 17.8 Å². The molecular formula is C9H11N3O2S. The van der Waals surface area contributed by atoms with Gasteiger partial charge >= 0.3 is 0 Å². The van der Waals surface area contributed by atoms with Gasteiger partial charge in [-0.25, -0.2) is 0 Å². The van der Waals surface area contributed by atoms with Crippen LogP contribution in [0.25, 0.3) is 11.0 Å². The van der Waals surface area contributed by atoms with Crippen LogP contribution < -0.4 is 0 Å². The Balaban J connectivity index is 2.35. The van der Waals surface area contributed by atoms with Crippen LogP contribution in [0, 0.1) is 0 Å². The van der Waals surface area contributed by atoms with Crippen molar-refractivity contribution >= 4 is 23.7 Å². The van der Waals surface area contributed by atoms with Gasteiger partial charge < -0.3 is 10.2 Å². The number of fused-ring (bicyclic) bond motifs is 1. The van der Waals surface area contributed by atoms with Crippen molar-refractivity contribution in [2.24, 2.45) is 0 Å². The van der Waals surface area contributed by atoms with E-state index in [0.29, 0.717) is 5.56 Å². The van der Waals surface area contributed by atoms with E-state index in [9.17, 15) is 10.2 Å². The van der Waals surface area contributed by atoms with Gasteiger partial charge in [0, 0.05) is 17.5 Å². The lowest BCUT2D eigenvalue weighted by atomic mass is 10.1. The maximum absolute atomic E-state index is 9.71. The van der Waals surface area contributed by atoms with Crippen molar-refractivity contribution in [2.45, 2.75) is 12.2 Å². The van der Waals surface area contributed by atoms with Crippen LogP contribution in [0.5, 0.6) is 0 Å². The Morgan fingerprint density at radius 3 is 2.93 bits per heavy atom. The van der Waals surface area contributed by atoms with E-state index >= 15 is 0 Å². The van der Waals surface area contributed by atoms with E-state index in [1.165, 1.54) is 6.20 Å². The third-order valence-corrected chi connectivity index (χ3v) is 2.58. The average molecular weight is 225 g/mol. The number of aliphatic hydroxyl groups is 2. The number of rotatable bonds is 3. The summed E-state index contributed by atoms with van der Waals surface area (Å²) in [7, 11) is 0. The molecule has 6 heteroatoms. The minimum absolute atomic E-state index is 0.197. The average Bonchev–Trinajstić information content (AvgIpc) is 2.73. The van der Waals surface area contributed by atoms with E-state index in [1.54, 1.807) is 12.3 Å². The Morgan fingerprint density at radius 2 is 2.20 bits per heavy atom. The highest BCUT2D eigenvalue weighted by molar-refractivity contribution is 7.80. The molecule has 0 aliphatic carbocycles. The molecule has 0 aliphatic rings. The van der Waals surface area contributed by atoms with Gasteiger partial charge in [0.15, 0.2) is 0 Å². The Morgan fingerprint density at radius 1 is 1.40 bits per heavy atom. The predicted octanol–water partition coefficient (Wildman–Crippen LogP) is 0.282. The number of aromatic nitrogens is 3. The van der Waals surface area contributed by atoms with Crippen LogP contribution in [0.15, 0.2) is 18.5 Å². The third kappa shape index (κ3) is 1.97. The number of aliphatic hydroxyl groups excluding tert-OH is 2. The Labute approximate surface area is 91.6 Å². The lowest BCUT2D eigenvalue weighted by Gasteiger charge is -2.15. The second kappa shape index (κ2) is 4.18. The number of hydrogen-bond donors (Lipinski definition) is 4. The summed E-state index contributed by atoms with van der Waals surface area (Å²) in [4.78, 5) is 4.09. The molecule has 2 unspecified atom stereocenters. The normalized spacial score (nSPS) is 15.4. The molecule has 5 nitrogen and oxygen atoms in total. The van der Waals surface area contributed by atoms with Gasteiger partial charge in [-0.1, -0.05) is 0 Å². The van der Waals surface area contributed by atoms with Crippen LogP contribution in [0.3, 0.4) is 0 Å². The highest BCUT2D eigenvalue weighted by Crippen LogP contribution is 2.19. The lowest BCUT2D eigenvalue weighted by molar-refractivity contribution is 0.0336. The molecule has 15 heavy (non-hydrogen) atoms.